The van der Waals surface area contributed by atoms with E-state index in [0.717, 1.165) is 22.7 Å². The largest absolute Gasteiger partial charge is 0.478 e. The first-order chi connectivity index (χ1) is 11.6. The Morgan fingerprint density at radius 3 is 1.77 bits per heavy atom. The average Bonchev–Trinajstić information content (AvgIpc) is 2.34. The van der Waals surface area contributed by atoms with Crippen LogP contribution in [0.25, 0.3) is 0 Å². The molecule has 0 bridgehead atoms. The van der Waals surface area contributed by atoms with Gasteiger partial charge >= 0.3 is 5.97 Å². The fourth-order valence-electron chi connectivity index (χ4n) is 2.41. The van der Waals surface area contributed by atoms with Crippen LogP contribution >= 0.6 is 0 Å². The third kappa shape index (κ3) is 15.9. The van der Waals surface area contributed by atoms with Crippen molar-refractivity contribution in [3.05, 3.63) is 12.2 Å². The van der Waals surface area contributed by atoms with E-state index in [1.165, 1.54) is 6.08 Å². The van der Waals surface area contributed by atoms with Crippen LogP contribution in [0.2, 0.25) is 39.3 Å². The van der Waals surface area contributed by atoms with Gasteiger partial charge in [-0.1, -0.05) is 13.0 Å². The predicted molar refractivity (Wildman–Crippen MR) is 116 cm³/mol. The number of carboxylic acids is 1. The molecule has 0 heterocycles. The number of allylic oxidation sites excluding steroid dienone is 1. The Bertz CT molecular complexity index is 411. The van der Waals surface area contributed by atoms with Gasteiger partial charge < -0.3 is 23.8 Å². The van der Waals surface area contributed by atoms with Crippen LogP contribution in [0.4, 0.5) is 0 Å². The number of aliphatic carboxylic acids is 1. The highest BCUT2D eigenvalue weighted by Gasteiger charge is 2.42. The van der Waals surface area contributed by atoms with E-state index in [1.807, 2.05) is 0 Å². The van der Waals surface area contributed by atoms with Crippen LogP contribution in [0, 0.1) is 0 Å². The first-order valence-corrected chi connectivity index (χ1v) is 16.9. The molecule has 2 atom stereocenters. The van der Waals surface area contributed by atoms with Gasteiger partial charge in [-0.2, -0.15) is 0 Å². The van der Waals surface area contributed by atoms with Gasteiger partial charge in [0.25, 0.3) is 0 Å². The van der Waals surface area contributed by atoms with Crippen molar-refractivity contribution >= 4 is 32.8 Å². The van der Waals surface area contributed by atoms with Crippen molar-refractivity contribution in [3.8, 4) is 0 Å². The third-order valence-electron chi connectivity index (χ3n) is 2.82. The van der Waals surface area contributed by atoms with Gasteiger partial charge in [-0.25, -0.2) is 4.79 Å². The monoisotopic (exact) mass is 424 g/mol. The van der Waals surface area contributed by atoms with E-state index < -0.39 is 34.1 Å². The molecule has 9 heteroatoms. The highest BCUT2D eigenvalue weighted by molar-refractivity contribution is 6.71. The van der Waals surface area contributed by atoms with E-state index in [2.05, 4.69) is 46.2 Å². The van der Waals surface area contributed by atoms with Gasteiger partial charge in [0.2, 0.25) is 0 Å². The standard InChI is InChI=1S/C13H34O4Si3.C4H6O2/c1-9-12(15-10-11(2)14)13(18,16-19(3,4)5)17-20(6,7)8;1-2-3-4(5)6/h11-12,14H,9-10H2,1-8,18H3;2-3H,1H3,(H,5,6). The van der Waals surface area contributed by atoms with Crippen molar-refractivity contribution in [1.82, 2.24) is 0 Å². The van der Waals surface area contributed by atoms with Gasteiger partial charge in [0, 0.05) is 6.08 Å². The molecule has 6 nitrogen and oxygen atoms in total. The number of carbonyl (C=O) groups is 1. The molecule has 156 valence electrons. The summed E-state index contributed by atoms with van der Waals surface area (Å²) in [6.07, 6.45) is 2.81. The average molecular weight is 425 g/mol. The van der Waals surface area contributed by atoms with E-state index in [9.17, 15) is 9.90 Å². The molecular weight excluding hydrogens is 384 g/mol. The Balaban J connectivity index is 0. The van der Waals surface area contributed by atoms with Crippen LogP contribution in [-0.4, -0.2) is 67.3 Å². The minimum absolute atomic E-state index is 0.109. The second kappa shape index (κ2) is 12.2. The fourth-order valence-corrected chi connectivity index (χ4v) is 9.52. The summed E-state index contributed by atoms with van der Waals surface area (Å²) >= 11 is 0. The maximum atomic E-state index is 9.51. The number of aliphatic hydroxyl groups is 1. The van der Waals surface area contributed by atoms with Crippen molar-refractivity contribution in [3.63, 3.8) is 0 Å². The van der Waals surface area contributed by atoms with Gasteiger partial charge in [0.15, 0.2) is 16.6 Å². The van der Waals surface area contributed by atoms with Crippen molar-refractivity contribution in [2.75, 3.05) is 6.61 Å². The molecule has 0 aromatic carbocycles. The molecule has 0 rings (SSSR count). The van der Waals surface area contributed by atoms with E-state index in [1.54, 1.807) is 13.8 Å². The summed E-state index contributed by atoms with van der Waals surface area (Å²) in [4.78, 5) is 9.51. The second-order valence-electron chi connectivity index (χ2n) is 8.36. The summed E-state index contributed by atoms with van der Waals surface area (Å²) in [5.41, 5.74) is -0.599. The number of hydrogen-bond acceptors (Lipinski definition) is 5. The van der Waals surface area contributed by atoms with Crippen molar-refractivity contribution in [2.24, 2.45) is 0 Å². The summed E-state index contributed by atoms with van der Waals surface area (Å²) in [6.45, 7) is 18.9. The van der Waals surface area contributed by atoms with Crippen LogP contribution in [0.5, 0.6) is 0 Å². The fraction of sp³-hybridized carbons (Fsp3) is 0.824. The van der Waals surface area contributed by atoms with Crippen molar-refractivity contribution in [1.29, 1.82) is 0 Å². The van der Waals surface area contributed by atoms with Gasteiger partial charge in [0.1, 0.15) is 11.5 Å². The zero-order valence-electron chi connectivity index (χ0n) is 18.3. The molecule has 0 aliphatic heterocycles. The Morgan fingerprint density at radius 2 is 1.58 bits per heavy atom. The molecule has 26 heavy (non-hydrogen) atoms. The Hall–Kier alpha value is -0.299. The minimum atomic E-state index is -1.74. The van der Waals surface area contributed by atoms with Crippen LogP contribution in [0.1, 0.15) is 27.2 Å². The summed E-state index contributed by atoms with van der Waals surface area (Å²) in [5.74, 6) is -0.891. The lowest BCUT2D eigenvalue weighted by molar-refractivity contribution is -0.165. The van der Waals surface area contributed by atoms with Crippen LogP contribution < -0.4 is 0 Å². The summed E-state index contributed by atoms with van der Waals surface area (Å²) in [6, 6.07) is 0. The molecule has 2 unspecified atom stereocenters. The Morgan fingerprint density at radius 1 is 1.15 bits per heavy atom. The van der Waals surface area contributed by atoms with E-state index in [0.29, 0.717) is 6.61 Å². The third-order valence-corrected chi connectivity index (χ3v) is 6.73. The van der Waals surface area contributed by atoms with Gasteiger partial charge in [-0.05, 0) is 59.6 Å². The molecule has 2 N–H and O–H groups in total. The van der Waals surface area contributed by atoms with Gasteiger partial charge in [-0.3, -0.25) is 0 Å². The summed E-state index contributed by atoms with van der Waals surface area (Å²) in [7, 11) is -2.73. The number of carboxylic acid groups (broad SMARTS) is 1. The molecule has 0 fully saturated rings. The Kier molecular flexibility index (Phi) is 13.1. The number of ether oxygens (including phenoxy) is 1. The van der Waals surface area contributed by atoms with Crippen LogP contribution in [0.3, 0.4) is 0 Å². The molecule has 0 amide bonds. The zero-order valence-corrected chi connectivity index (χ0v) is 22.3. The summed E-state index contributed by atoms with van der Waals surface area (Å²) in [5, 5.41) is 17.3. The molecule has 0 aromatic rings. The van der Waals surface area contributed by atoms with Gasteiger partial charge in [0.05, 0.1) is 23.0 Å². The van der Waals surface area contributed by atoms with Crippen molar-refractivity contribution in [2.45, 2.75) is 84.1 Å². The molecule has 0 spiro atoms. The van der Waals surface area contributed by atoms with Crippen LogP contribution in [0.15, 0.2) is 12.2 Å². The SMILES string of the molecule is CC=CC(=O)O.CCC(OCC(C)O)C([SiH3])(O[Si](C)(C)C)O[Si](C)(C)C. The van der Waals surface area contributed by atoms with Gasteiger partial charge in [-0.15, -0.1) is 0 Å². The zero-order chi connectivity index (χ0) is 21.2. The first kappa shape index (κ1) is 27.9. The number of hydrogen-bond donors (Lipinski definition) is 2. The second-order valence-corrected chi connectivity index (χ2v) is 18.6. The number of aliphatic hydroxyl groups excluding tert-OH is 1. The molecule has 0 aliphatic carbocycles. The molecule has 0 saturated carbocycles. The topological polar surface area (TPSA) is 85.2 Å². The smallest absolute Gasteiger partial charge is 0.327 e. The molecular formula is C17H40O6Si3. The van der Waals surface area contributed by atoms with E-state index in [4.69, 9.17) is 18.7 Å². The lowest BCUT2D eigenvalue weighted by Crippen LogP contribution is -2.58. The molecule has 0 radical (unpaired) electrons. The quantitative estimate of drug-likeness (QED) is 0.318. The Labute approximate surface area is 164 Å². The highest BCUT2D eigenvalue weighted by atomic mass is 28.4. The van der Waals surface area contributed by atoms with E-state index >= 15 is 0 Å². The van der Waals surface area contributed by atoms with E-state index in [-0.39, 0.29) is 6.10 Å². The normalized spacial score (nSPS) is 15.5. The lowest BCUT2D eigenvalue weighted by atomic mass is 10.2. The number of rotatable bonds is 10. The predicted octanol–water partition coefficient (Wildman–Crippen LogP) is 2.53. The molecule has 0 saturated heterocycles. The molecule has 0 aromatic heterocycles. The maximum absolute atomic E-state index is 9.51. The summed E-state index contributed by atoms with van der Waals surface area (Å²) < 4.78 is 18.7. The maximum Gasteiger partial charge on any atom is 0.327 e. The first-order valence-electron chi connectivity index (χ1n) is 9.12. The minimum Gasteiger partial charge on any atom is -0.478 e. The van der Waals surface area contributed by atoms with Crippen LogP contribution in [-0.2, 0) is 18.4 Å². The highest BCUT2D eigenvalue weighted by Crippen LogP contribution is 2.28. The molecule has 0 aliphatic rings. The van der Waals surface area contributed by atoms with Crippen molar-refractivity contribution < 1.29 is 28.6 Å². The lowest BCUT2D eigenvalue weighted by Gasteiger charge is -2.45.